The minimum absolute atomic E-state index is 0.143. The van der Waals surface area contributed by atoms with E-state index in [4.69, 9.17) is 5.11 Å². The van der Waals surface area contributed by atoms with Gasteiger partial charge in [-0.25, -0.2) is 0 Å². The van der Waals surface area contributed by atoms with Crippen LogP contribution in [0, 0.1) is 13.8 Å². The number of aryl methyl sites for hydroxylation is 1. The fraction of sp³-hybridized carbons (Fsp3) is 0.550. The predicted molar refractivity (Wildman–Crippen MR) is 97.1 cm³/mol. The van der Waals surface area contributed by atoms with Crippen molar-refractivity contribution in [3.05, 3.63) is 52.8 Å². The van der Waals surface area contributed by atoms with Crippen LogP contribution in [0.5, 0.6) is 0 Å². The summed E-state index contributed by atoms with van der Waals surface area (Å²) in [5.74, 6) is 0.690. The highest BCUT2D eigenvalue weighted by atomic mass is 16.3. The van der Waals surface area contributed by atoms with Crippen LogP contribution in [0.3, 0.4) is 0 Å². The molecular formula is C20H29N3O. The molecule has 24 heavy (non-hydrogen) atoms. The second kappa shape index (κ2) is 7.95. The largest absolute Gasteiger partial charge is 0.394 e. The standard InChI is InChI=1S/C20H29N3O/c1-16-20(17(2)23(21-16)13-14-24)15-22-11-6-9-19(10-12-22)18-7-4-3-5-8-18/h3-5,7-8,19,24H,6,9-15H2,1-2H3/t19-/m1/s1. The maximum Gasteiger partial charge on any atom is 0.0644 e. The molecule has 1 saturated heterocycles. The Bertz CT molecular complexity index is 650. The molecule has 1 atom stereocenters. The molecule has 0 bridgehead atoms. The number of nitrogens with zero attached hydrogens (tertiary/aromatic N) is 3. The summed E-state index contributed by atoms with van der Waals surface area (Å²) in [6.45, 7) is 8.21. The van der Waals surface area contributed by atoms with Crippen LogP contribution in [-0.4, -0.2) is 39.5 Å². The number of hydrogen-bond acceptors (Lipinski definition) is 3. The van der Waals surface area contributed by atoms with E-state index in [1.165, 1.54) is 36.1 Å². The van der Waals surface area contributed by atoms with Gasteiger partial charge in [0.2, 0.25) is 0 Å². The van der Waals surface area contributed by atoms with Gasteiger partial charge in [-0.3, -0.25) is 9.58 Å². The predicted octanol–water partition coefficient (Wildman–Crippen LogP) is 3.26. The van der Waals surface area contributed by atoms with E-state index >= 15 is 0 Å². The molecule has 0 unspecified atom stereocenters. The molecule has 130 valence electrons. The highest BCUT2D eigenvalue weighted by Gasteiger charge is 2.20. The van der Waals surface area contributed by atoms with Crippen molar-refractivity contribution in [2.75, 3.05) is 19.7 Å². The second-order valence-corrected chi connectivity index (χ2v) is 6.91. The third-order valence-electron chi connectivity index (χ3n) is 5.32. The van der Waals surface area contributed by atoms with Gasteiger partial charge in [0.1, 0.15) is 0 Å². The number of rotatable bonds is 5. The number of aromatic nitrogens is 2. The molecular weight excluding hydrogens is 298 g/mol. The lowest BCUT2D eigenvalue weighted by molar-refractivity contribution is 0.266. The lowest BCUT2D eigenvalue weighted by Crippen LogP contribution is -2.25. The highest BCUT2D eigenvalue weighted by molar-refractivity contribution is 5.24. The van der Waals surface area contributed by atoms with E-state index in [-0.39, 0.29) is 6.61 Å². The van der Waals surface area contributed by atoms with Gasteiger partial charge in [-0.1, -0.05) is 30.3 Å². The van der Waals surface area contributed by atoms with Gasteiger partial charge in [0, 0.05) is 17.8 Å². The van der Waals surface area contributed by atoms with Gasteiger partial charge in [-0.15, -0.1) is 0 Å². The first-order valence-electron chi connectivity index (χ1n) is 9.10. The van der Waals surface area contributed by atoms with Crippen LogP contribution in [0.2, 0.25) is 0 Å². The van der Waals surface area contributed by atoms with E-state index in [1.807, 2.05) is 4.68 Å². The van der Waals surface area contributed by atoms with Crippen LogP contribution < -0.4 is 0 Å². The lowest BCUT2D eigenvalue weighted by Gasteiger charge is -2.20. The van der Waals surface area contributed by atoms with Crippen molar-refractivity contribution in [2.24, 2.45) is 0 Å². The molecule has 2 aromatic rings. The molecule has 0 radical (unpaired) electrons. The Kier molecular flexibility index (Phi) is 5.69. The molecule has 1 fully saturated rings. The smallest absolute Gasteiger partial charge is 0.0644 e. The van der Waals surface area contributed by atoms with Crippen molar-refractivity contribution in [3.63, 3.8) is 0 Å². The van der Waals surface area contributed by atoms with Crippen LogP contribution in [0.1, 0.15) is 47.7 Å². The Balaban J connectivity index is 1.65. The summed E-state index contributed by atoms with van der Waals surface area (Å²) in [5.41, 5.74) is 5.12. The van der Waals surface area contributed by atoms with Gasteiger partial charge in [0.25, 0.3) is 0 Å². The number of likely N-dealkylation sites (tertiary alicyclic amines) is 1. The third kappa shape index (κ3) is 3.87. The number of benzene rings is 1. The molecule has 1 aliphatic rings. The molecule has 0 saturated carbocycles. The Hall–Kier alpha value is -1.65. The van der Waals surface area contributed by atoms with E-state index in [2.05, 4.69) is 54.2 Å². The van der Waals surface area contributed by atoms with Crippen molar-refractivity contribution in [1.29, 1.82) is 0 Å². The average Bonchev–Trinajstić information content (AvgIpc) is 2.78. The summed E-state index contributed by atoms with van der Waals surface area (Å²) < 4.78 is 1.94. The van der Waals surface area contributed by atoms with Crippen LogP contribution in [-0.2, 0) is 13.1 Å². The molecule has 1 aromatic carbocycles. The van der Waals surface area contributed by atoms with Crippen LogP contribution in [0.15, 0.2) is 30.3 Å². The Morgan fingerprint density at radius 3 is 2.67 bits per heavy atom. The topological polar surface area (TPSA) is 41.3 Å². The molecule has 1 aliphatic heterocycles. The molecule has 3 rings (SSSR count). The number of aliphatic hydroxyl groups is 1. The molecule has 0 amide bonds. The van der Waals surface area contributed by atoms with Gasteiger partial charge < -0.3 is 5.11 Å². The quantitative estimate of drug-likeness (QED) is 0.916. The Morgan fingerprint density at radius 1 is 1.12 bits per heavy atom. The monoisotopic (exact) mass is 327 g/mol. The van der Waals surface area contributed by atoms with E-state index in [9.17, 15) is 0 Å². The molecule has 0 spiro atoms. The molecule has 1 N–H and O–H groups in total. The van der Waals surface area contributed by atoms with Crippen molar-refractivity contribution in [1.82, 2.24) is 14.7 Å². The molecule has 4 heteroatoms. The first-order chi connectivity index (χ1) is 11.7. The summed E-state index contributed by atoms with van der Waals surface area (Å²) in [5, 5.41) is 13.8. The van der Waals surface area contributed by atoms with Gasteiger partial charge in [0.15, 0.2) is 0 Å². The van der Waals surface area contributed by atoms with Crippen LogP contribution in [0.25, 0.3) is 0 Å². The Morgan fingerprint density at radius 2 is 1.92 bits per heavy atom. The fourth-order valence-electron chi connectivity index (χ4n) is 3.87. The number of aliphatic hydroxyl groups excluding tert-OH is 1. The molecule has 1 aromatic heterocycles. The van der Waals surface area contributed by atoms with Gasteiger partial charge in [-0.2, -0.15) is 5.10 Å². The lowest BCUT2D eigenvalue weighted by atomic mass is 9.92. The molecule has 4 nitrogen and oxygen atoms in total. The molecule has 2 heterocycles. The zero-order chi connectivity index (χ0) is 16.9. The summed E-state index contributed by atoms with van der Waals surface area (Å²) >= 11 is 0. The molecule has 0 aliphatic carbocycles. The summed E-state index contributed by atoms with van der Waals surface area (Å²) in [7, 11) is 0. The summed E-state index contributed by atoms with van der Waals surface area (Å²) in [6, 6.07) is 10.9. The van der Waals surface area contributed by atoms with Crippen LogP contribution >= 0.6 is 0 Å². The van der Waals surface area contributed by atoms with E-state index in [1.54, 1.807) is 0 Å². The van der Waals surface area contributed by atoms with Crippen molar-refractivity contribution < 1.29 is 5.11 Å². The highest BCUT2D eigenvalue weighted by Crippen LogP contribution is 2.28. The maximum absolute atomic E-state index is 9.17. The fourth-order valence-corrected chi connectivity index (χ4v) is 3.87. The van der Waals surface area contributed by atoms with Gasteiger partial charge in [-0.05, 0) is 57.7 Å². The van der Waals surface area contributed by atoms with Crippen LogP contribution in [0.4, 0.5) is 0 Å². The SMILES string of the molecule is Cc1nn(CCO)c(C)c1CN1CCC[C@@H](c2ccccc2)CC1. The normalized spacial score (nSPS) is 19.4. The van der Waals surface area contributed by atoms with Gasteiger partial charge >= 0.3 is 0 Å². The first kappa shape index (κ1) is 17.2. The zero-order valence-corrected chi connectivity index (χ0v) is 14.9. The summed E-state index contributed by atoms with van der Waals surface area (Å²) in [6.07, 6.45) is 3.76. The zero-order valence-electron chi connectivity index (χ0n) is 14.9. The number of hydrogen-bond donors (Lipinski definition) is 1. The van der Waals surface area contributed by atoms with Crippen molar-refractivity contribution in [3.8, 4) is 0 Å². The summed E-state index contributed by atoms with van der Waals surface area (Å²) in [4.78, 5) is 2.57. The van der Waals surface area contributed by atoms with Crippen molar-refractivity contribution in [2.45, 2.75) is 52.1 Å². The maximum atomic E-state index is 9.17. The van der Waals surface area contributed by atoms with E-state index in [0.717, 1.165) is 25.3 Å². The first-order valence-corrected chi connectivity index (χ1v) is 9.10. The van der Waals surface area contributed by atoms with E-state index < -0.39 is 0 Å². The minimum atomic E-state index is 0.143. The third-order valence-corrected chi connectivity index (χ3v) is 5.32. The average molecular weight is 327 g/mol. The van der Waals surface area contributed by atoms with Gasteiger partial charge in [0.05, 0.1) is 18.8 Å². The Labute approximate surface area is 145 Å². The second-order valence-electron chi connectivity index (χ2n) is 6.91. The van der Waals surface area contributed by atoms with Crippen molar-refractivity contribution >= 4 is 0 Å². The minimum Gasteiger partial charge on any atom is -0.394 e. The van der Waals surface area contributed by atoms with E-state index in [0.29, 0.717) is 12.5 Å².